The lowest BCUT2D eigenvalue weighted by atomic mass is 10.0. The predicted octanol–water partition coefficient (Wildman–Crippen LogP) is 2.06. The van der Waals surface area contributed by atoms with E-state index in [2.05, 4.69) is 0 Å². The van der Waals surface area contributed by atoms with Gasteiger partial charge in [-0.3, -0.25) is 15.5 Å². The molecule has 0 saturated carbocycles. The summed E-state index contributed by atoms with van der Waals surface area (Å²) >= 11 is 0. The second-order valence-corrected chi connectivity index (χ2v) is 3.72. The van der Waals surface area contributed by atoms with Crippen LogP contribution in [0.4, 0.5) is 11.4 Å². The van der Waals surface area contributed by atoms with E-state index in [0.717, 1.165) is 0 Å². The smallest absolute Gasteiger partial charge is 0.270 e. The Morgan fingerprint density at radius 3 is 2.79 bits per heavy atom. The van der Waals surface area contributed by atoms with Crippen molar-refractivity contribution in [2.45, 2.75) is 0 Å². The van der Waals surface area contributed by atoms with Crippen LogP contribution >= 0.6 is 0 Å². The molecule has 0 aliphatic carbocycles. The highest BCUT2D eigenvalue weighted by Gasteiger charge is 2.15. The third kappa shape index (κ3) is 2.28. The third-order valence-electron chi connectivity index (χ3n) is 2.52. The number of anilines is 1. The minimum absolute atomic E-state index is 0.0357. The molecule has 94 valence electrons. The lowest BCUT2D eigenvalue weighted by molar-refractivity contribution is -0.384. The number of nitro benzene ring substituents is 1. The molecule has 2 aromatic rings. The second kappa shape index (κ2) is 4.62. The SMILES string of the molecule is N#Cc1cc(C(=N)c2cc([N+](=O)[O-])ccc2N)co1. The number of hydrogen-bond donors (Lipinski definition) is 2. The number of benzene rings is 1. The van der Waals surface area contributed by atoms with E-state index in [1.165, 1.54) is 30.5 Å². The van der Waals surface area contributed by atoms with Crippen LogP contribution in [0.15, 0.2) is 34.9 Å². The summed E-state index contributed by atoms with van der Waals surface area (Å²) in [5.74, 6) is 0.0590. The molecule has 0 atom stereocenters. The molecule has 7 heteroatoms. The van der Waals surface area contributed by atoms with Crippen LogP contribution in [-0.4, -0.2) is 10.6 Å². The average molecular weight is 256 g/mol. The molecule has 3 N–H and O–H groups in total. The molecule has 0 spiro atoms. The van der Waals surface area contributed by atoms with Gasteiger partial charge in [-0.15, -0.1) is 0 Å². The van der Waals surface area contributed by atoms with Gasteiger partial charge in [0.25, 0.3) is 5.69 Å². The van der Waals surface area contributed by atoms with Crippen molar-refractivity contribution in [2.75, 3.05) is 5.73 Å². The van der Waals surface area contributed by atoms with Gasteiger partial charge in [-0.2, -0.15) is 5.26 Å². The normalized spacial score (nSPS) is 9.84. The zero-order valence-corrected chi connectivity index (χ0v) is 9.58. The van der Waals surface area contributed by atoms with Gasteiger partial charge < -0.3 is 10.2 Å². The Morgan fingerprint density at radius 1 is 1.47 bits per heavy atom. The number of hydrogen-bond acceptors (Lipinski definition) is 6. The molecule has 0 fully saturated rings. The highest BCUT2D eigenvalue weighted by atomic mass is 16.6. The van der Waals surface area contributed by atoms with E-state index >= 15 is 0 Å². The van der Waals surface area contributed by atoms with Gasteiger partial charge in [0.05, 0.1) is 10.6 Å². The summed E-state index contributed by atoms with van der Waals surface area (Å²) in [7, 11) is 0. The lowest BCUT2D eigenvalue weighted by Crippen LogP contribution is -2.05. The Balaban J connectivity index is 2.46. The Labute approximate surface area is 107 Å². The van der Waals surface area contributed by atoms with E-state index in [9.17, 15) is 10.1 Å². The maximum atomic E-state index is 10.7. The van der Waals surface area contributed by atoms with E-state index in [1.807, 2.05) is 0 Å². The van der Waals surface area contributed by atoms with Crippen molar-refractivity contribution < 1.29 is 9.34 Å². The van der Waals surface area contributed by atoms with E-state index in [-0.39, 0.29) is 28.4 Å². The van der Waals surface area contributed by atoms with Crippen molar-refractivity contribution in [2.24, 2.45) is 0 Å². The maximum absolute atomic E-state index is 10.7. The fourth-order valence-corrected chi connectivity index (χ4v) is 1.56. The van der Waals surface area contributed by atoms with Crippen LogP contribution < -0.4 is 5.73 Å². The van der Waals surface area contributed by atoms with Crippen molar-refractivity contribution in [1.29, 1.82) is 10.7 Å². The number of nitrogen functional groups attached to an aromatic ring is 1. The quantitative estimate of drug-likeness (QED) is 0.375. The van der Waals surface area contributed by atoms with Crippen LogP contribution in [0.1, 0.15) is 16.9 Å². The van der Waals surface area contributed by atoms with Crippen LogP contribution in [0.2, 0.25) is 0 Å². The number of rotatable bonds is 3. The minimum Gasteiger partial charge on any atom is -0.453 e. The number of furan rings is 1. The molecule has 1 aromatic heterocycles. The van der Waals surface area contributed by atoms with Crippen molar-refractivity contribution >= 4 is 17.1 Å². The van der Waals surface area contributed by atoms with Crippen molar-refractivity contribution in [1.82, 2.24) is 0 Å². The maximum Gasteiger partial charge on any atom is 0.270 e. The average Bonchev–Trinajstić information content (AvgIpc) is 2.87. The minimum atomic E-state index is -0.563. The molecule has 0 aliphatic heterocycles. The molecule has 1 aromatic carbocycles. The number of nitrogens with zero attached hydrogens (tertiary/aromatic N) is 2. The topological polar surface area (TPSA) is 130 Å². The second-order valence-electron chi connectivity index (χ2n) is 3.72. The number of nitrogens with one attached hydrogen (secondary N) is 1. The van der Waals surface area contributed by atoms with E-state index in [4.69, 9.17) is 20.8 Å². The van der Waals surface area contributed by atoms with Gasteiger partial charge in [-0.25, -0.2) is 0 Å². The predicted molar refractivity (Wildman–Crippen MR) is 66.9 cm³/mol. The summed E-state index contributed by atoms with van der Waals surface area (Å²) in [4.78, 5) is 10.1. The van der Waals surface area contributed by atoms with Crippen LogP contribution in [0.3, 0.4) is 0 Å². The molecule has 0 unspecified atom stereocenters. The molecule has 0 bridgehead atoms. The van der Waals surface area contributed by atoms with Gasteiger partial charge in [0.15, 0.2) is 0 Å². The first-order valence-corrected chi connectivity index (χ1v) is 5.14. The summed E-state index contributed by atoms with van der Waals surface area (Å²) in [5.41, 5.74) is 6.32. The van der Waals surface area contributed by atoms with Gasteiger partial charge in [0.1, 0.15) is 12.3 Å². The molecule has 0 saturated heterocycles. The molecule has 2 rings (SSSR count). The standard InChI is InChI=1S/C12H8N4O3/c13-5-9-3-7(6-19-9)12(15)10-4-8(16(17)18)1-2-11(10)14/h1-4,6,15H,14H2. The van der Waals surface area contributed by atoms with E-state index in [0.29, 0.717) is 5.56 Å². The zero-order chi connectivity index (χ0) is 14.0. The fraction of sp³-hybridized carbons (Fsp3) is 0. The molecular formula is C12H8N4O3. The van der Waals surface area contributed by atoms with Crippen LogP contribution in [0, 0.1) is 26.9 Å². The molecule has 1 heterocycles. The number of nitro groups is 1. The first-order chi connectivity index (χ1) is 9.02. The van der Waals surface area contributed by atoms with Crippen molar-refractivity contribution in [3.05, 3.63) is 57.5 Å². The number of nitrogens with two attached hydrogens (primary N) is 1. The summed E-state index contributed by atoms with van der Waals surface area (Å²) in [6, 6.07) is 7.02. The molecule has 0 amide bonds. The lowest BCUT2D eigenvalue weighted by Gasteiger charge is -2.05. The van der Waals surface area contributed by atoms with Gasteiger partial charge in [-0.1, -0.05) is 0 Å². The molecule has 0 aliphatic rings. The van der Waals surface area contributed by atoms with Crippen molar-refractivity contribution in [3.63, 3.8) is 0 Å². The van der Waals surface area contributed by atoms with Crippen LogP contribution in [-0.2, 0) is 0 Å². The zero-order valence-electron chi connectivity index (χ0n) is 9.58. The Kier molecular flexibility index (Phi) is 3.00. The third-order valence-corrected chi connectivity index (χ3v) is 2.52. The van der Waals surface area contributed by atoms with Gasteiger partial charge >= 0.3 is 0 Å². The van der Waals surface area contributed by atoms with Gasteiger partial charge in [-0.05, 0) is 6.07 Å². The summed E-state index contributed by atoms with van der Waals surface area (Å²) in [6.07, 6.45) is 1.24. The number of non-ortho nitro benzene ring substituents is 1. The Bertz CT molecular complexity index is 712. The first-order valence-electron chi connectivity index (χ1n) is 5.14. The summed E-state index contributed by atoms with van der Waals surface area (Å²) < 4.78 is 4.90. The Morgan fingerprint density at radius 2 is 2.21 bits per heavy atom. The van der Waals surface area contributed by atoms with E-state index in [1.54, 1.807) is 6.07 Å². The van der Waals surface area contributed by atoms with Gasteiger partial charge in [0, 0.05) is 35.0 Å². The first kappa shape index (κ1) is 12.3. The monoisotopic (exact) mass is 256 g/mol. The number of nitriles is 1. The molecule has 19 heavy (non-hydrogen) atoms. The Hall–Kier alpha value is -3.14. The summed E-state index contributed by atoms with van der Waals surface area (Å²) in [6.45, 7) is 0. The highest BCUT2D eigenvalue weighted by molar-refractivity contribution is 6.14. The van der Waals surface area contributed by atoms with E-state index < -0.39 is 4.92 Å². The van der Waals surface area contributed by atoms with Crippen LogP contribution in [0.25, 0.3) is 0 Å². The largest absolute Gasteiger partial charge is 0.453 e. The molecule has 0 radical (unpaired) electrons. The highest BCUT2D eigenvalue weighted by Crippen LogP contribution is 2.23. The molecule has 7 nitrogen and oxygen atoms in total. The van der Waals surface area contributed by atoms with Crippen molar-refractivity contribution in [3.8, 4) is 6.07 Å². The van der Waals surface area contributed by atoms with Gasteiger partial charge in [0.2, 0.25) is 5.76 Å². The summed E-state index contributed by atoms with van der Waals surface area (Å²) in [5, 5.41) is 27.3. The molecular weight excluding hydrogens is 248 g/mol. The van der Waals surface area contributed by atoms with Crippen LogP contribution in [0.5, 0.6) is 0 Å². The fourth-order valence-electron chi connectivity index (χ4n) is 1.56.